The zero-order valence-corrected chi connectivity index (χ0v) is 37.2. The Kier molecular flexibility index (Phi) is 6.13. The highest BCUT2D eigenvalue weighted by Crippen LogP contribution is 2.59. The van der Waals surface area contributed by atoms with Gasteiger partial charge in [0.2, 0.25) is 0 Å². The van der Waals surface area contributed by atoms with Gasteiger partial charge in [-0.25, -0.2) is 0 Å². The number of fused-ring (bicyclic) bond motifs is 16. The standard InChI is InChI=1S/C67H38/c1-33-12-4-5-15-36(33)57-54-32-53-42-21-11-20-39-45(55-34(2)13-10-14-35(55)3)26-29-50(56(39)42)62(53)63-40-18-8-9-19-41(40)64(67(54)63)66-52-31-28-49-47-25-23-44-38-17-7-6-16-37(38)43-22-24-46(59(47)58(43)44)48-27-30-51(65(57)66)61(52)60(48)49/h4-32H,1-3H3. The SMILES string of the molecule is Cc1ccccc1-c1c2cc3c4cccc5c(-c6c(C)cccc6C)ccc(c54)c3c3c4ccccc4c(c4c5ccc6c7ccc8c9c(ccc(c%10ccc(c14)c5c%106)c97)-c1ccccc1-8)c23. The topological polar surface area (TPSA) is 0 Å². The maximum atomic E-state index is 2.60. The summed E-state index contributed by atoms with van der Waals surface area (Å²) in [4.78, 5) is 0. The van der Waals surface area contributed by atoms with E-state index in [0.717, 1.165) is 0 Å². The third kappa shape index (κ3) is 3.92. The minimum atomic E-state index is 1.30. The van der Waals surface area contributed by atoms with Crippen LogP contribution in [0.15, 0.2) is 176 Å². The molecule has 1 aliphatic carbocycles. The minimum absolute atomic E-state index is 1.30. The van der Waals surface area contributed by atoms with E-state index in [-0.39, 0.29) is 0 Å². The summed E-state index contributed by atoms with van der Waals surface area (Å²) >= 11 is 0. The lowest BCUT2D eigenvalue weighted by atomic mass is 9.86. The summed E-state index contributed by atoms with van der Waals surface area (Å²) in [5.74, 6) is 0. The molecule has 0 aromatic heterocycles. The van der Waals surface area contributed by atoms with Crippen molar-refractivity contribution in [3.63, 3.8) is 0 Å². The zero-order chi connectivity index (χ0) is 43.7. The van der Waals surface area contributed by atoms with E-state index in [1.165, 1.54) is 190 Å². The number of hydrogen-bond donors (Lipinski definition) is 0. The maximum absolute atomic E-state index is 2.60. The Balaban J connectivity index is 1.10. The van der Waals surface area contributed by atoms with Crippen LogP contribution in [0.1, 0.15) is 16.7 Å². The maximum Gasteiger partial charge on any atom is -0.000674 e. The molecule has 67 heavy (non-hydrogen) atoms. The Labute approximate surface area is 385 Å². The van der Waals surface area contributed by atoms with Gasteiger partial charge in [0.25, 0.3) is 0 Å². The summed E-state index contributed by atoms with van der Waals surface area (Å²) in [7, 11) is 0. The molecule has 0 nitrogen and oxygen atoms in total. The fraction of sp³-hybridized carbons (Fsp3) is 0.0448. The van der Waals surface area contributed by atoms with Crippen molar-refractivity contribution in [1.82, 2.24) is 0 Å². The lowest BCUT2D eigenvalue weighted by molar-refractivity contribution is 1.39. The molecule has 16 aromatic rings. The van der Waals surface area contributed by atoms with Crippen molar-refractivity contribution >= 4 is 129 Å². The Morgan fingerprint density at radius 3 is 1.25 bits per heavy atom. The van der Waals surface area contributed by atoms with E-state index >= 15 is 0 Å². The number of aryl methyl sites for hydroxylation is 3. The molecule has 306 valence electrons. The van der Waals surface area contributed by atoms with E-state index in [4.69, 9.17) is 0 Å². The first-order valence-corrected chi connectivity index (χ1v) is 23.9. The molecular formula is C67H38. The second kappa shape index (κ2) is 11.7. The lowest BCUT2D eigenvalue weighted by Crippen LogP contribution is -1.89. The molecular weight excluding hydrogens is 805 g/mol. The average Bonchev–Trinajstić information content (AvgIpc) is 4.08. The molecule has 0 aliphatic heterocycles. The van der Waals surface area contributed by atoms with E-state index in [1.54, 1.807) is 0 Å². The minimum Gasteiger partial charge on any atom is -0.0620 e. The zero-order valence-electron chi connectivity index (χ0n) is 37.2. The van der Waals surface area contributed by atoms with Crippen LogP contribution in [0.5, 0.6) is 0 Å². The molecule has 0 unspecified atom stereocenters. The highest BCUT2D eigenvalue weighted by Gasteiger charge is 2.31. The summed E-state index contributed by atoms with van der Waals surface area (Å²) in [6.07, 6.45) is 0. The van der Waals surface area contributed by atoms with E-state index in [1.807, 2.05) is 0 Å². The van der Waals surface area contributed by atoms with E-state index in [9.17, 15) is 0 Å². The van der Waals surface area contributed by atoms with Crippen LogP contribution in [0.4, 0.5) is 0 Å². The molecule has 1 aliphatic rings. The Morgan fingerprint density at radius 2 is 0.567 bits per heavy atom. The van der Waals surface area contributed by atoms with Gasteiger partial charge in [-0.15, -0.1) is 0 Å². The van der Waals surface area contributed by atoms with Crippen molar-refractivity contribution in [3.8, 4) is 44.5 Å². The van der Waals surface area contributed by atoms with Crippen molar-refractivity contribution in [2.45, 2.75) is 20.8 Å². The Bertz CT molecular complexity index is 4830. The van der Waals surface area contributed by atoms with Gasteiger partial charge in [-0.1, -0.05) is 170 Å². The van der Waals surface area contributed by atoms with Crippen LogP contribution in [-0.4, -0.2) is 0 Å². The van der Waals surface area contributed by atoms with Crippen LogP contribution in [0.25, 0.3) is 174 Å². The fourth-order valence-corrected chi connectivity index (χ4v) is 14.3. The molecule has 16 aromatic carbocycles. The summed E-state index contributed by atoms with van der Waals surface area (Å²) in [6.45, 7) is 6.82. The van der Waals surface area contributed by atoms with Gasteiger partial charge in [-0.3, -0.25) is 0 Å². The normalized spacial score (nSPS) is 13.0. The van der Waals surface area contributed by atoms with Crippen LogP contribution in [-0.2, 0) is 0 Å². The van der Waals surface area contributed by atoms with E-state index in [2.05, 4.69) is 197 Å². The van der Waals surface area contributed by atoms with Gasteiger partial charge in [-0.05, 0) is 217 Å². The van der Waals surface area contributed by atoms with Gasteiger partial charge in [0.05, 0.1) is 0 Å². The molecule has 17 rings (SSSR count). The quantitative estimate of drug-likeness (QED) is 0.120. The Hall–Kier alpha value is -8.32. The first-order valence-electron chi connectivity index (χ1n) is 23.9. The van der Waals surface area contributed by atoms with Crippen LogP contribution in [0.2, 0.25) is 0 Å². The first kappa shape index (κ1) is 35.0. The lowest BCUT2D eigenvalue weighted by Gasteiger charge is -2.16. The highest BCUT2D eigenvalue weighted by molar-refractivity contribution is 6.54. The second-order valence-electron chi connectivity index (χ2n) is 19.8. The predicted molar refractivity (Wildman–Crippen MR) is 291 cm³/mol. The van der Waals surface area contributed by atoms with Gasteiger partial charge in [0, 0.05) is 0 Å². The van der Waals surface area contributed by atoms with Crippen molar-refractivity contribution in [3.05, 3.63) is 193 Å². The molecule has 0 fully saturated rings. The third-order valence-electron chi connectivity index (χ3n) is 16.8. The molecule has 0 heterocycles. The van der Waals surface area contributed by atoms with Crippen molar-refractivity contribution in [1.29, 1.82) is 0 Å². The highest BCUT2D eigenvalue weighted by atomic mass is 14.3. The molecule has 0 heteroatoms. The summed E-state index contributed by atoms with van der Waals surface area (Å²) in [6, 6.07) is 68.1. The molecule has 0 saturated heterocycles. The third-order valence-corrected chi connectivity index (χ3v) is 16.8. The largest absolute Gasteiger partial charge is 0.0620 e. The molecule has 0 amide bonds. The van der Waals surface area contributed by atoms with E-state index < -0.39 is 0 Å². The van der Waals surface area contributed by atoms with Crippen molar-refractivity contribution in [2.24, 2.45) is 0 Å². The molecule has 0 spiro atoms. The average molecular weight is 843 g/mol. The van der Waals surface area contributed by atoms with Crippen molar-refractivity contribution in [2.75, 3.05) is 0 Å². The van der Waals surface area contributed by atoms with Gasteiger partial charge >= 0.3 is 0 Å². The molecule has 0 atom stereocenters. The van der Waals surface area contributed by atoms with E-state index in [0.29, 0.717) is 0 Å². The first-order chi connectivity index (χ1) is 33.0. The molecule has 0 N–H and O–H groups in total. The van der Waals surface area contributed by atoms with Crippen LogP contribution in [0, 0.1) is 20.8 Å². The summed E-state index contributed by atoms with van der Waals surface area (Å²) in [5.41, 5.74) is 14.7. The van der Waals surface area contributed by atoms with Crippen molar-refractivity contribution < 1.29 is 0 Å². The Morgan fingerprint density at radius 1 is 0.179 bits per heavy atom. The number of rotatable bonds is 2. The molecule has 0 radical (unpaired) electrons. The smallest absolute Gasteiger partial charge is 0.000674 e. The van der Waals surface area contributed by atoms with Gasteiger partial charge < -0.3 is 0 Å². The van der Waals surface area contributed by atoms with Gasteiger partial charge in [-0.2, -0.15) is 0 Å². The van der Waals surface area contributed by atoms with Crippen LogP contribution in [0.3, 0.4) is 0 Å². The van der Waals surface area contributed by atoms with Gasteiger partial charge in [0.15, 0.2) is 0 Å². The second-order valence-corrected chi connectivity index (χ2v) is 19.8. The number of benzene rings is 13. The van der Waals surface area contributed by atoms with Gasteiger partial charge in [0.1, 0.15) is 0 Å². The monoisotopic (exact) mass is 842 g/mol. The van der Waals surface area contributed by atoms with Crippen LogP contribution < -0.4 is 0 Å². The molecule has 0 bridgehead atoms. The molecule has 0 saturated carbocycles. The summed E-state index contributed by atoms with van der Waals surface area (Å²) in [5, 5.41) is 32.7. The predicted octanol–water partition coefficient (Wildman–Crippen LogP) is 19.2. The fourth-order valence-electron chi connectivity index (χ4n) is 14.3. The van der Waals surface area contributed by atoms with Crippen LogP contribution >= 0.6 is 0 Å². The summed E-state index contributed by atoms with van der Waals surface area (Å²) < 4.78 is 0. The number of hydrogen-bond acceptors (Lipinski definition) is 0.